The standard InChI is InChI=1S/C18H15N3O4/c22-17(9-12-3-1-2-4-15(12)21(23)24)19-13-7-8-16-14(10-13)20-18(25-16)11-5-6-11/h1-4,7-8,10-11H,5-6,9H2,(H,19,22). The number of amides is 1. The molecule has 4 rings (SSSR count). The Kier molecular flexibility index (Phi) is 3.68. The second-order valence-electron chi connectivity index (χ2n) is 6.12. The Bertz CT molecular complexity index is 975. The lowest BCUT2D eigenvalue weighted by Crippen LogP contribution is -2.15. The number of fused-ring (bicyclic) bond motifs is 1. The summed E-state index contributed by atoms with van der Waals surface area (Å²) in [5, 5.41) is 13.8. The van der Waals surface area contributed by atoms with E-state index in [0.717, 1.165) is 18.7 Å². The number of rotatable bonds is 5. The third kappa shape index (κ3) is 3.21. The molecule has 1 heterocycles. The first-order chi connectivity index (χ1) is 12.1. The van der Waals surface area contributed by atoms with Crippen LogP contribution in [0.2, 0.25) is 0 Å². The number of nitro groups is 1. The lowest BCUT2D eigenvalue weighted by atomic mass is 10.1. The van der Waals surface area contributed by atoms with Gasteiger partial charge < -0.3 is 9.73 Å². The number of carbonyl (C=O) groups excluding carboxylic acids is 1. The van der Waals surface area contributed by atoms with Crippen LogP contribution in [-0.4, -0.2) is 15.8 Å². The number of nitro benzene ring substituents is 1. The first-order valence-electron chi connectivity index (χ1n) is 8.03. The van der Waals surface area contributed by atoms with Crippen LogP contribution in [0.15, 0.2) is 46.9 Å². The minimum absolute atomic E-state index is 0.0568. The van der Waals surface area contributed by atoms with Gasteiger partial charge in [0.2, 0.25) is 5.91 Å². The number of hydrogen-bond acceptors (Lipinski definition) is 5. The first kappa shape index (κ1) is 15.3. The lowest BCUT2D eigenvalue weighted by Gasteiger charge is -2.05. The van der Waals surface area contributed by atoms with Crippen molar-refractivity contribution >= 4 is 28.4 Å². The minimum Gasteiger partial charge on any atom is -0.440 e. The van der Waals surface area contributed by atoms with Gasteiger partial charge in [-0.3, -0.25) is 14.9 Å². The summed E-state index contributed by atoms with van der Waals surface area (Å²) in [6, 6.07) is 11.5. The van der Waals surface area contributed by atoms with Crippen molar-refractivity contribution in [1.82, 2.24) is 4.98 Å². The molecule has 1 aliphatic rings. The van der Waals surface area contributed by atoms with Crippen LogP contribution in [0, 0.1) is 10.1 Å². The molecule has 0 spiro atoms. The molecule has 0 saturated heterocycles. The highest BCUT2D eigenvalue weighted by atomic mass is 16.6. The second kappa shape index (κ2) is 6.01. The number of hydrogen-bond donors (Lipinski definition) is 1. The number of para-hydroxylation sites is 1. The van der Waals surface area contributed by atoms with E-state index in [9.17, 15) is 14.9 Å². The molecule has 1 N–H and O–H groups in total. The van der Waals surface area contributed by atoms with E-state index in [1.54, 1.807) is 36.4 Å². The van der Waals surface area contributed by atoms with Crippen LogP contribution in [0.3, 0.4) is 0 Å². The molecule has 1 amide bonds. The van der Waals surface area contributed by atoms with Crippen molar-refractivity contribution in [3.8, 4) is 0 Å². The van der Waals surface area contributed by atoms with Crippen molar-refractivity contribution in [3.05, 3.63) is 64.0 Å². The van der Waals surface area contributed by atoms with Gasteiger partial charge in [-0.15, -0.1) is 0 Å². The highest BCUT2D eigenvalue weighted by Gasteiger charge is 2.28. The van der Waals surface area contributed by atoms with Crippen LogP contribution >= 0.6 is 0 Å². The summed E-state index contributed by atoms with van der Waals surface area (Å²) in [5.74, 6) is 0.849. The van der Waals surface area contributed by atoms with Crippen molar-refractivity contribution in [3.63, 3.8) is 0 Å². The van der Waals surface area contributed by atoms with Gasteiger partial charge >= 0.3 is 0 Å². The number of nitrogens with one attached hydrogen (secondary N) is 1. The monoisotopic (exact) mass is 337 g/mol. The van der Waals surface area contributed by atoms with Crippen molar-refractivity contribution in [1.29, 1.82) is 0 Å². The third-order valence-corrected chi connectivity index (χ3v) is 4.15. The van der Waals surface area contributed by atoms with Crippen molar-refractivity contribution in [2.75, 3.05) is 5.32 Å². The van der Waals surface area contributed by atoms with Gasteiger partial charge in [0.25, 0.3) is 5.69 Å². The molecular formula is C18H15N3O4. The molecule has 7 nitrogen and oxygen atoms in total. The molecule has 0 atom stereocenters. The second-order valence-corrected chi connectivity index (χ2v) is 6.12. The number of carbonyl (C=O) groups is 1. The van der Waals surface area contributed by atoms with Crippen molar-refractivity contribution in [2.45, 2.75) is 25.2 Å². The fraction of sp³-hybridized carbons (Fsp3) is 0.222. The number of oxazole rings is 1. The van der Waals surface area contributed by atoms with E-state index in [2.05, 4.69) is 10.3 Å². The summed E-state index contributed by atoms with van der Waals surface area (Å²) in [6.07, 6.45) is 2.14. The Morgan fingerprint density at radius 1 is 1.28 bits per heavy atom. The smallest absolute Gasteiger partial charge is 0.273 e. The van der Waals surface area contributed by atoms with Crippen LogP contribution in [0.4, 0.5) is 11.4 Å². The SMILES string of the molecule is O=C(Cc1ccccc1[N+](=O)[O-])Nc1ccc2oc(C3CC3)nc2c1. The molecule has 1 aromatic heterocycles. The normalized spacial score (nSPS) is 13.8. The molecule has 3 aromatic rings. The van der Waals surface area contributed by atoms with Crippen LogP contribution in [-0.2, 0) is 11.2 Å². The molecule has 2 aromatic carbocycles. The number of anilines is 1. The van der Waals surface area contributed by atoms with Gasteiger partial charge in [0.05, 0.1) is 11.3 Å². The van der Waals surface area contributed by atoms with Crippen LogP contribution in [0.5, 0.6) is 0 Å². The maximum absolute atomic E-state index is 12.2. The lowest BCUT2D eigenvalue weighted by molar-refractivity contribution is -0.385. The summed E-state index contributed by atoms with van der Waals surface area (Å²) in [5.41, 5.74) is 2.30. The molecule has 0 aliphatic heterocycles. The van der Waals surface area contributed by atoms with Gasteiger partial charge in [-0.05, 0) is 31.0 Å². The summed E-state index contributed by atoms with van der Waals surface area (Å²) in [4.78, 5) is 27.2. The zero-order chi connectivity index (χ0) is 17.4. The van der Waals surface area contributed by atoms with Crippen LogP contribution < -0.4 is 5.32 Å². The van der Waals surface area contributed by atoms with E-state index in [4.69, 9.17) is 4.42 Å². The van der Waals surface area contributed by atoms with E-state index in [1.807, 2.05) is 0 Å². The maximum atomic E-state index is 12.2. The molecular weight excluding hydrogens is 322 g/mol. The summed E-state index contributed by atoms with van der Waals surface area (Å²) in [6.45, 7) is 0. The maximum Gasteiger partial charge on any atom is 0.273 e. The van der Waals surface area contributed by atoms with E-state index in [1.165, 1.54) is 6.07 Å². The number of benzene rings is 2. The average Bonchev–Trinajstić information content (AvgIpc) is 3.35. The van der Waals surface area contributed by atoms with Crippen molar-refractivity contribution in [2.24, 2.45) is 0 Å². The molecule has 0 unspecified atom stereocenters. The topological polar surface area (TPSA) is 98.3 Å². The molecule has 1 fully saturated rings. The zero-order valence-corrected chi connectivity index (χ0v) is 13.3. The summed E-state index contributed by atoms with van der Waals surface area (Å²) < 4.78 is 5.69. The van der Waals surface area contributed by atoms with E-state index >= 15 is 0 Å². The van der Waals surface area contributed by atoms with Gasteiger partial charge in [0, 0.05) is 23.2 Å². The van der Waals surface area contributed by atoms with Crippen LogP contribution in [0.25, 0.3) is 11.1 Å². The summed E-state index contributed by atoms with van der Waals surface area (Å²) >= 11 is 0. The van der Waals surface area contributed by atoms with Gasteiger partial charge in [-0.1, -0.05) is 18.2 Å². The molecule has 126 valence electrons. The predicted molar refractivity (Wildman–Crippen MR) is 91.4 cm³/mol. The summed E-state index contributed by atoms with van der Waals surface area (Å²) in [7, 11) is 0. The fourth-order valence-corrected chi connectivity index (χ4v) is 2.74. The molecule has 0 bridgehead atoms. The number of aromatic nitrogens is 1. The van der Waals surface area contributed by atoms with Gasteiger partial charge in [-0.2, -0.15) is 0 Å². The van der Waals surface area contributed by atoms with Gasteiger partial charge in [0.15, 0.2) is 11.5 Å². The Balaban J connectivity index is 1.50. The zero-order valence-electron chi connectivity index (χ0n) is 13.3. The Hall–Kier alpha value is -3.22. The Labute approximate surface area is 142 Å². The van der Waals surface area contributed by atoms with Gasteiger partial charge in [0.1, 0.15) is 5.52 Å². The quantitative estimate of drug-likeness (QED) is 0.564. The van der Waals surface area contributed by atoms with E-state index < -0.39 is 4.92 Å². The molecule has 25 heavy (non-hydrogen) atoms. The fourth-order valence-electron chi connectivity index (χ4n) is 2.74. The molecule has 1 aliphatic carbocycles. The molecule has 1 saturated carbocycles. The van der Waals surface area contributed by atoms with E-state index in [0.29, 0.717) is 28.3 Å². The average molecular weight is 337 g/mol. The minimum atomic E-state index is -0.483. The third-order valence-electron chi connectivity index (χ3n) is 4.15. The van der Waals surface area contributed by atoms with Gasteiger partial charge in [-0.25, -0.2) is 4.98 Å². The number of nitrogens with zero attached hydrogens (tertiary/aromatic N) is 2. The van der Waals surface area contributed by atoms with E-state index in [-0.39, 0.29) is 18.0 Å². The Morgan fingerprint density at radius 2 is 2.08 bits per heavy atom. The van der Waals surface area contributed by atoms with Crippen LogP contribution in [0.1, 0.15) is 30.2 Å². The highest BCUT2D eigenvalue weighted by Crippen LogP contribution is 2.40. The van der Waals surface area contributed by atoms with Crippen molar-refractivity contribution < 1.29 is 14.1 Å². The molecule has 7 heteroatoms. The largest absolute Gasteiger partial charge is 0.440 e. The Morgan fingerprint density at radius 3 is 2.84 bits per heavy atom. The molecule has 0 radical (unpaired) electrons. The highest BCUT2D eigenvalue weighted by molar-refractivity contribution is 5.94. The first-order valence-corrected chi connectivity index (χ1v) is 8.03. The predicted octanol–water partition coefficient (Wildman–Crippen LogP) is 3.79.